The minimum absolute atomic E-state index is 0.0270. The summed E-state index contributed by atoms with van der Waals surface area (Å²) in [6, 6.07) is 9.41. The van der Waals surface area contributed by atoms with E-state index in [1.165, 1.54) is 23.5 Å². The SMILES string of the molecule is COc1ccc(C)cc1S(=O)(=O)N1CCC[C@@H](C(=O)Nc2cccc([N+](=O)[O-])c2C)C1. The lowest BCUT2D eigenvalue weighted by Gasteiger charge is -2.31. The monoisotopic (exact) mass is 447 g/mol. The number of nitro groups is 1. The number of methoxy groups -OCH3 is 1. The first-order chi connectivity index (χ1) is 14.6. The van der Waals surface area contributed by atoms with Crippen LogP contribution in [-0.2, 0) is 14.8 Å². The Labute approximate surface area is 181 Å². The van der Waals surface area contributed by atoms with Crippen LogP contribution in [0.2, 0.25) is 0 Å². The molecule has 1 aliphatic heterocycles. The number of aryl methyl sites for hydroxylation is 1. The standard InChI is InChI=1S/C21H25N3O6S/c1-14-9-10-19(30-3)20(12-14)31(28,29)23-11-5-6-16(13-23)21(25)22-17-7-4-8-18(15(17)2)24(26)27/h4,7-10,12,16H,5-6,11,13H2,1-3H3,(H,22,25)/t16-/m1/s1. The van der Waals surface area contributed by atoms with Gasteiger partial charge in [-0.15, -0.1) is 0 Å². The molecule has 3 rings (SSSR count). The van der Waals surface area contributed by atoms with Gasteiger partial charge in [-0.2, -0.15) is 4.31 Å². The van der Waals surface area contributed by atoms with E-state index in [1.807, 2.05) is 0 Å². The molecule has 0 saturated carbocycles. The van der Waals surface area contributed by atoms with Gasteiger partial charge in [-0.3, -0.25) is 14.9 Å². The van der Waals surface area contributed by atoms with Gasteiger partial charge in [0.2, 0.25) is 15.9 Å². The number of hydrogen-bond acceptors (Lipinski definition) is 6. The van der Waals surface area contributed by atoms with Crippen molar-refractivity contribution in [3.63, 3.8) is 0 Å². The number of nitro benzene ring substituents is 1. The van der Waals surface area contributed by atoms with E-state index in [2.05, 4.69) is 5.32 Å². The Kier molecular flexibility index (Phi) is 6.61. The van der Waals surface area contributed by atoms with Gasteiger partial charge in [0.1, 0.15) is 10.6 Å². The van der Waals surface area contributed by atoms with Crippen LogP contribution in [0.4, 0.5) is 11.4 Å². The molecule has 10 heteroatoms. The van der Waals surface area contributed by atoms with Crippen LogP contribution in [0, 0.1) is 29.9 Å². The third-order valence-electron chi connectivity index (χ3n) is 5.45. The van der Waals surface area contributed by atoms with Crippen molar-refractivity contribution in [2.75, 3.05) is 25.5 Å². The Morgan fingerprint density at radius 1 is 1.26 bits per heavy atom. The van der Waals surface area contributed by atoms with E-state index >= 15 is 0 Å². The number of nitrogens with one attached hydrogen (secondary N) is 1. The summed E-state index contributed by atoms with van der Waals surface area (Å²) in [5.41, 5.74) is 1.40. The summed E-state index contributed by atoms with van der Waals surface area (Å²) in [5.74, 6) is -0.679. The molecule has 0 bridgehead atoms. The van der Waals surface area contributed by atoms with Crippen molar-refractivity contribution in [3.05, 3.63) is 57.6 Å². The second-order valence-corrected chi connectivity index (χ2v) is 9.46. The summed E-state index contributed by atoms with van der Waals surface area (Å²) in [4.78, 5) is 23.6. The zero-order chi connectivity index (χ0) is 22.8. The summed E-state index contributed by atoms with van der Waals surface area (Å²) < 4.78 is 33.1. The second kappa shape index (κ2) is 9.03. The van der Waals surface area contributed by atoms with E-state index in [4.69, 9.17) is 4.74 Å². The van der Waals surface area contributed by atoms with Crippen molar-refractivity contribution >= 4 is 27.3 Å². The molecule has 2 aromatic carbocycles. The van der Waals surface area contributed by atoms with Crippen LogP contribution in [0.1, 0.15) is 24.0 Å². The molecule has 1 atom stereocenters. The average molecular weight is 448 g/mol. The number of sulfonamides is 1. The quantitative estimate of drug-likeness (QED) is 0.536. The Morgan fingerprint density at radius 3 is 2.68 bits per heavy atom. The molecule has 0 spiro atoms. The van der Waals surface area contributed by atoms with Crippen LogP contribution in [-0.4, -0.2) is 43.8 Å². The highest BCUT2D eigenvalue weighted by Gasteiger charge is 2.35. The van der Waals surface area contributed by atoms with Crippen LogP contribution in [0.15, 0.2) is 41.3 Å². The van der Waals surface area contributed by atoms with Crippen LogP contribution >= 0.6 is 0 Å². The summed E-state index contributed by atoms with van der Waals surface area (Å²) in [7, 11) is -2.44. The predicted octanol–water partition coefficient (Wildman–Crippen LogP) is 3.26. The van der Waals surface area contributed by atoms with E-state index in [9.17, 15) is 23.3 Å². The lowest BCUT2D eigenvalue weighted by Crippen LogP contribution is -2.43. The fourth-order valence-corrected chi connectivity index (χ4v) is 5.46. The third-order valence-corrected chi connectivity index (χ3v) is 7.34. The van der Waals surface area contributed by atoms with Gasteiger partial charge in [-0.25, -0.2) is 8.42 Å². The number of amides is 1. The maximum absolute atomic E-state index is 13.3. The Hall–Kier alpha value is -2.98. The maximum atomic E-state index is 13.3. The van der Waals surface area contributed by atoms with Crippen LogP contribution in [0.5, 0.6) is 5.75 Å². The number of carbonyl (C=O) groups is 1. The topological polar surface area (TPSA) is 119 Å². The zero-order valence-electron chi connectivity index (χ0n) is 17.6. The van der Waals surface area contributed by atoms with Gasteiger partial charge in [0.25, 0.3) is 5.69 Å². The molecule has 2 aromatic rings. The van der Waals surface area contributed by atoms with Gasteiger partial charge in [0.15, 0.2) is 0 Å². The number of anilines is 1. The van der Waals surface area contributed by atoms with E-state index in [-0.39, 0.29) is 28.8 Å². The first kappa shape index (κ1) is 22.7. The molecule has 31 heavy (non-hydrogen) atoms. The molecule has 1 fully saturated rings. The number of carbonyl (C=O) groups excluding carboxylic acids is 1. The molecule has 0 radical (unpaired) electrons. The van der Waals surface area contributed by atoms with Crippen molar-refractivity contribution in [1.29, 1.82) is 0 Å². The minimum Gasteiger partial charge on any atom is -0.495 e. The molecule has 1 heterocycles. The molecule has 0 aliphatic carbocycles. The normalized spacial score (nSPS) is 17.2. The molecule has 166 valence electrons. The Morgan fingerprint density at radius 2 is 2.00 bits per heavy atom. The van der Waals surface area contributed by atoms with Crippen molar-refractivity contribution in [2.45, 2.75) is 31.6 Å². The lowest BCUT2D eigenvalue weighted by atomic mass is 9.98. The van der Waals surface area contributed by atoms with Crippen LogP contribution in [0.3, 0.4) is 0 Å². The lowest BCUT2D eigenvalue weighted by molar-refractivity contribution is -0.385. The molecule has 1 aliphatic rings. The number of benzene rings is 2. The highest BCUT2D eigenvalue weighted by atomic mass is 32.2. The third kappa shape index (κ3) is 4.70. The summed E-state index contributed by atoms with van der Waals surface area (Å²) in [5, 5.41) is 13.9. The summed E-state index contributed by atoms with van der Waals surface area (Å²) in [6.45, 7) is 3.69. The van der Waals surface area contributed by atoms with E-state index in [1.54, 1.807) is 38.1 Å². The molecule has 9 nitrogen and oxygen atoms in total. The fraction of sp³-hybridized carbons (Fsp3) is 0.381. The van der Waals surface area contributed by atoms with Gasteiger partial charge in [-0.1, -0.05) is 12.1 Å². The summed E-state index contributed by atoms with van der Waals surface area (Å²) in [6.07, 6.45) is 1.05. The highest BCUT2D eigenvalue weighted by molar-refractivity contribution is 7.89. The van der Waals surface area contributed by atoms with Crippen molar-refractivity contribution in [1.82, 2.24) is 4.31 Å². The Bertz CT molecular complexity index is 1120. The largest absolute Gasteiger partial charge is 0.495 e. The smallest absolute Gasteiger partial charge is 0.274 e. The van der Waals surface area contributed by atoms with Crippen molar-refractivity contribution in [2.24, 2.45) is 5.92 Å². The molecular formula is C21H25N3O6S. The molecule has 1 amide bonds. The van der Waals surface area contributed by atoms with E-state index in [0.29, 0.717) is 30.6 Å². The first-order valence-electron chi connectivity index (χ1n) is 9.84. The molecule has 0 unspecified atom stereocenters. The van der Waals surface area contributed by atoms with Gasteiger partial charge in [0.05, 0.1) is 29.2 Å². The Balaban J connectivity index is 1.81. The fourth-order valence-electron chi connectivity index (χ4n) is 3.69. The average Bonchev–Trinajstić information content (AvgIpc) is 2.75. The number of nitrogens with zero attached hydrogens (tertiary/aromatic N) is 2. The van der Waals surface area contributed by atoms with Gasteiger partial charge in [0, 0.05) is 19.2 Å². The summed E-state index contributed by atoms with van der Waals surface area (Å²) >= 11 is 0. The minimum atomic E-state index is -3.85. The highest BCUT2D eigenvalue weighted by Crippen LogP contribution is 2.31. The molecule has 0 aromatic heterocycles. The zero-order valence-corrected chi connectivity index (χ0v) is 18.4. The van der Waals surface area contributed by atoms with Gasteiger partial charge in [-0.05, 0) is 50.5 Å². The number of hydrogen-bond donors (Lipinski definition) is 1. The number of piperidine rings is 1. The maximum Gasteiger partial charge on any atom is 0.274 e. The molecular weight excluding hydrogens is 422 g/mol. The van der Waals surface area contributed by atoms with Crippen LogP contribution < -0.4 is 10.1 Å². The molecule has 1 saturated heterocycles. The van der Waals surface area contributed by atoms with Crippen molar-refractivity contribution < 1.29 is 22.9 Å². The van der Waals surface area contributed by atoms with Gasteiger partial charge >= 0.3 is 0 Å². The predicted molar refractivity (Wildman–Crippen MR) is 116 cm³/mol. The van der Waals surface area contributed by atoms with Gasteiger partial charge < -0.3 is 10.1 Å². The van der Waals surface area contributed by atoms with E-state index in [0.717, 1.165) is 5.56 Å². The number of rotatable bonds is 6. The van der Waals surface area contributed by atoms with Crippen LogP contribution in [0.25, 0.3) is 0 Å². The van der Waals surface area contributed by atoms with E-state index < -0.39 is 20.9 Å². The first-order valence-corrected chi connectivity index (χ1v) is 11.3. The van der Waals surface area contributed by atoms with Crippen molar-refractivity contribution in [3.8, 4) is 5.75 Å². The molecule has 1 N–H and O–H groups in total. The number of ether oxygens (including phenoxy) is 1. The second-order valence-electron chi connectivity index (χ2n) is 7.55.